The highest BCUT2D eigenvalue weighted by molar-refractivity contribution is 5.77. The standard InChI is InChI=1S/C21H36O3/c1-18(22)20(14-15-20)12-10-8-6-4-2-3-5-7-9-11-13-21(16-17-21)19(23)24/h22H,1-17H2,(H,23,24). The molecule has 0 bridgehead atoms. The van der Waals surface area contributed by atoms with E-state index in [-0.39, 0.29) is 10.8 Å². The van der Waals surface area contributed by atoms with Gasteiger partial charge in [0.1, 0.15) is 0 Å². The van der Waals surface area contributed by atoms with Gasteiger partial charge in [-0.3, -0.25) is 4.79 Å². The van der Waals surface area contributed by atoms with E-state index in [2.05, 4.69) is 6.58 Å². The maximum Gasteiger partial charge on any atom is 0.309 e. The zero-order valence-electron chi connectivity index (χ0n) is 15.3. The fraction of sp³-hybridized carbons (Fsp3) is 0.857. The molecular formula is C21H36O3. The maximum absolute atomic E-state index is 11.1. The van der Waals surface area contributed by atoms with E-state index >= 15 is 0 Å². The Hall–Kier alpha value is -0.990. The molecule has 0 spiro atoms. The van der Waals surface area contributed by atoms with Crippen LogP contribution in [0.25, 0.3) is 0 Å². The van der Waals surface area contributed by atoms with Crippen LogP contribution in [-0.4, -0.2) is 16.2 Å². The molecule has 2 aliphatic carbocycles. The van der Waals surface area contributed by atoms with Crippen molar-refractivity contribution in [2.75, 3.05) is 0 Å². The van der Waals surface area contributed by atoms with Crippen molar-refractivity contribution >= 4 is 5.97 Å². The SMILES string of the molecule is C=C(O)C1(CCCCCCCCCCCCC2(C(=O)O)CC2)CC1. The minimum atomic E-state index is -0.571. The second kappa shape index (κ2) is 8.92. The quantitative estimate of drug-likeness (QED) is 0.269. The van der Waals surface area contributed by atoms with Gasteiger partial charge in [0, 0.05) is 5.41 Å². The Kier molecular flexibility index (Phi) is 7.18. The van der Waals surface area contributed by atoms with Gasteiger partial charge in [-0.2, -0.15) is 0 Å². The fourth-order valence-electron chi connectivity index (χ4n) is 3.90. The summed E-state index contributed by atoms with van der Waals surface area (Å²) in [5.74, 6) is -0.156. The van der Waals surface area contributed by atoms with Crippen LogP contribution in [0.5, 0.6) is 0 Å². The van der Waals surface area contributed by atoms with E-state index in [1.54, 1.807) is 0 Å². The number of allylic oxidation sites excluding steroid dienone is 1. The van der Waals surface area contributed by atoms with Crippen molar-refractivity contribution < 1.29 is 15.0 Å². The Morgan fingerprint density at radius 1 is 0.667 bits per heavy atom. The monoisotopic (exact) mass is 336 g/mol. The van der Waals surface area contributed by atoms with Crippen molar-refractivity contribution in [3.63, 3.8) is 0 Å². The average molecular weight is 337 g/mol. The van der Waals surface area contributed by atoms with E-state index in [1.165, 1.54) is 57.8 Å². The predicted molar refractivity (Wildman–Crippen MR) is 98.1 cm³/mol. The van der Waals surface area contributed by atoms with E-state index < -0.39 is 5.97 Å². The van der Waals surface area contributed by atoms with Gasteiger partial charge in [-0.15, -0.1) is 0 Å². The van der Waals surface area contributed by atoms with E-state index in [0.29, 0.717) is 5.76 Å². The number of rotatable bonds is 15. The Labute approximate surface area is 147 Å². The molecule has 0 unspecified atom stereocenters. The minimum absolute atomic E-state index is 0.111. The first-order valence-electron chi connectivity index (χ1n) is 10.1. The van der Waals surface area contributed by atoms with E-state index in [9.17, 15) is 9.90 Å². The van der Waals surface area contributed by atoms with Crippen molar-refractivity contribution in [1.82, 2.24) is 0 Å². The van der Waals surface area contributed by atoms with Gasteiger partial charge in [-0.25, -0.2) is 0 Å². The van der Waals surface area contributed by atoms with Crippen LogP contribution in [0, 0.1) is 10.8 Å². The van der Waals surface area contributed by atoms with Gasteiger partial charge in [0.2, 0.25) is 0 Å². The average Bonchev–Trinajstić information content (AvgIpc) is 3.43. The van der Waals surface area contributed by atoms with Crippen molar-refractivity contribution in [3.8, 4) is 0 Å². The second-order valence-electron chi connectivity index (χ2n) is 8.35. The summed E-state index contributed by atoms with van der Waals surface area (Å²) in [5, 5.41) is 18.7. The summed E-state index contributed by atoms with van der Waals surface area (Å²) < 4.78 is 0. The molecule has 0 atom stereocenters. The largest absolute Gasteiger partial charge is 0.512 e. The number of carbonyl (C=O) groups is 1. The number of carboxylic acids is 1. The molecule has 3 heteroatoms. The first-order chi connectivity index (χ1) is 11.5. The smallest absolute Gasteiger partial charge is 0.309 e. The van der Waals surface area contributed by atoms with E-state index in [0.717, 1.165) is 44.9 Å². The van der Waals surface area contributed by atoms with Crippen LogP contribution in [0.2, 0.25) is 0 Å². The molecule has 0 aromatic heterocycles. The van der Waals surface area contributed by atoms with Crippen LogP contribution in [0.1, 0.15) is 103 Å². The third-order valence-electron chi connectivity index (χ3n) is 6.33. The number of hydrogen-bond donors (Lipinski definition) is 2. The highest BCUT2D eigenvalue weighted by Gasteiger charge is 2.49. The summed E-state index contributed by atoms with van der Waals surface area (Å²) in [6.07, 6.45) is 18.7. The normalized spacial score (nSPS) is 19.8. The van der Waals surface area contributed by atoms with Gasteiger partial charge >= 0.3 is 5.97 Å². The van der Waals surface area contributed by atoms with Crippen molar-refractivity contribution in [2.45, 2.75) is 103 Å². The molecule has 0 saturated heterocycles. The number of carboxylic acid groups (broad SMARTS) is 1. The number of hydrogen-bond acceptors (Lipinski definition) is 2. The molecule has 2 aliphatic rings. The van der Waals surface area contributed by atoms with Gasteiger partial charge in [0.25, 0.3) is 0 Å². The molecule has 0 aliphatic heterocycles. The number of aliphatic hydroxyl groups excluding tert-OH is 1. The Balaban J connectivity index is 1.31. The molecule has 0 amide bonds. The minimum Gasteiger partial charge on any atom is -0.512 e. The van der Waals surface area contributed by atoms with Gasteiger partial charge in [0.15, 0.2) is 0 Å². The van der Waals surface area contributed by atoms with Gasteiger partial charge in [-0.1, -0.05) is 70.8 Å². The van der Waals surface area contributed by atoms with Crippen molar-refractivity contribution in [1.29, 1.82) is 0 Å². The van der Waals surface area contributed by atoms with Gasteiger partial charge in [-0.05, 0) is 38.5 Å². The van der Waals surface area contributed by atoms with Gasteiger partial charge < -0.3 is 10.2 Å². The Morgan fingerprint density at radius 3 is 1.29 bits per heavy atom. The third kappa shape index (κ3) is 5.82. The number of unbranched alkanes of at least 4 members (excludes halogenated alkanes) is 9. The first kappa shape index (κ1) is 19.3. The van der Waals surface area contributed by atoms with Crippen molar-refractivity contribution in [2.24, 2.45) is 10.8 Å². The van der Waals surface area contributed by atoms with Crippen LogP contribution >= 0.6 is 0 Å². The highest BCUT2D eigenvalue weighted by Crippen LogP contribution is 2.54. The lowest BCUT2D eigenvalue weighted by atomic mass is 9.96. The molecule has 2 saturated carbocycles. The molecule has 0 radical (unpaired) electrons. The second-order valence-corrected chi connectivity index (χ2v) is 8.35. The molecule has 24 heavy (non-hydrogen) atoms. The lowest BCUT2D eigenvalue weighted by Gasteiger charge is -2.12. The lowest BCUT2D eigenvalue weighted by molar-refractivity contribution is -0.143. The molecule has 3 nitrogen and oxygen atoms in total. The molecule has 2 rings (SSSR count). The summed E-state index contributed by atoms with van der Waals surface area (Å²) in [6, 6.07) is 0. The van der Waals surface area contributed by atoms with E-state index in [1.807, 2.05) is 0 Å². The molecule has 0 aromatic rings. The summed E-state index contributed by atoms with van der Waals surface area (Å²) in [5.41, 5.74) is -0.207. The maximum atomic E-state index is 11.1. The van der Waals surface area contributed by atoms with Gasteiger partial charge in [0.05, 0.1) is 11.2 Å². The topological polar surface area (TPSA) is 57.5 Å². The predicted octanol–water partition coefficient (Wildman–Crippen LogP) is 6.38. The first-order valence-corrected chi connectivity index (χ1v) is 10.1. The molecule has 138 valence electrons. The van der Waals surface area contributed by atoms with Crippen LogP contribution in [0.15, 0.2) is 12.3 Å². The Bertz CT molecular complexity index is 379. The van der Waals surface area contributed by atoms with Crippen LogP contribution in [0.4, 0.5) is 0 Å². The zero-order chi connectivity index (χ0) is 17.5. The molecule has 0 heterocycles. The summed E-state index contributed by atoms with van der Waals surface area (Å²) >= 11 is 0. The summed E-state index contributed by atoms with van der Waals surface area (Å²) in [7, 11) is 0. The highest BCUT2D eigenvalue weighted by atomic mass is 16.4. The molecule has 0 aromatic carbocycles. The van der Waals surface area contributed by atoms with Crippen molar-refractivity contribution in [3.05, 3.63) is 12.3 Å². The van der Waals surface area contributed by atoms with Crippen LogP contribution in [0.3, 0.4) is 0 Å². The van der Waals surface area contributed by atoms with E-state index in [4.69, 9.17) is 5.11 Å². The molecule has 2 fully saturated rings. The Morgan fingerprint density at radius 2 is 1.00 bits per heavy atom. The number of aliphatic carboxylic acids is 1. The fourth-order valence-corrected chi connectivity index (χ4v) is 3.90. The van der Waals surface area contributed by atoms with Crippen LogP contribution < -0.4 is 0 Å². The molecule has 2 N–H and O–H groups in total. The molecular weight excluding hydrogens is 300 g/mol. The lowest BCUT2D eigenvalue weighted by Crippen LogP contribution is -2.14. The summed E-state index contributed by atoms with van der Waals surface area (Å²) in [4.78, 5) is 11.1. The third-order valence-corrected chi connectivity index (χ3v) is 6.33. The van der Waals surface area contributed by atoms with Crippen LogP contribution in [-0.2, 0) is 4.79 Å². The zero-order valence-corrected chi connectivity index (χ0v) is 15.3. The number of aliphatic hydroxyl groups is 1. The summed E-state index contributed by atoms with van der Waals surface area (Å²) in [6.45, 7) is 3.71.